The summed E-state index contributed by atoms with van der Waals surface area (Å²) in [5.74, 6) is 1.00. The molecule has 0 saturated carbocycles. The SMILES string of the molecule is CNC(CSc1cccc(Cl)c1)Cc1ccoc1. The van der Waals surface area contributed by atoms with Crippen LogP contribution in [0.1, 0.15) is 5.56 Å². The number of hydrogen-bond acceptors (Lipinski definition) is 3. The van der Waals surface area contributed by atoms with E-state index < -0.39 is 0 Å². The Morgan fingerprint density at radius 3 is 2.94 bits per heavy atom. The van der Waals surface area contributed by atoms with E-state index in [1.54, 1.807) is 12.5 Å². The van der Waals surface area contributed by atoms with Crippen molar-refractivity contribution in [2.45, 2.75) is 17.4 Å². The Bertz CT molecular complexity index is 472. The van der Waals surface area contributed by atoms with Gasteiger partial charge in [0.15, 0.2) is 0 Å². The maximum atomic E-state index is 5.97. The van der Waals surface area contributed by atoms with Crippen LogP contribution in [0.3, 0.4) is 0 Å². The summed E-state index contributed by atoms with van der Waals surface area (Å²) in [5, 5.41) is 4.12. The van der Waals surface area contributed by atoms with Crippen molar-refractivity contribution < 1.29 is 4.42 Å². The van der Waals surface area contributed by atoms with E-state index in [1.165, 1.54) is 10.5 Å². The van der Waals surface area contributed by atoms with E-state index in [0.29, 0.717) is 6.04 Å². The van der Waals surface area contributed by atoms with Gasteiger partial charge in [-0.2, -0.15) is 0 Å². The molecule has 4 heteroatoms. The lowest BCUT2D eigenvalue weighted by atomic mass is 10.1. The summed E-state index contributed by atoms with van der Waals surface area (Å²) >= 11 is 7.78. The highest BCUT2D eigenvalue weighted by Crippen LogP contribution is 2.22. The molecule has 0 fully saturated rings. The maximum Gasteiger partial charge on any atom is 0.0935 e. The molecular weight excluding hydrogens is 266 g/mol. The molecule has 1 heterocycles. The molecule has 0 saturated heterocycles. The molecule has 1 unspecified atom stereocenters. The number of hydrogen-bond donors (Lipinski definition) is 1. The van der Waals surface area contributed by atoms with E-state index in [1.807, 2.05) is 43.1 Å². The minimum atomic E-state index is 0.423. The van der Waals surface area contributed by atoms with Crippen molar-refractivity contribution in [1.29, 1.82) is 0 Å². The van der Waals surface area contributed by atoms with Gasteiger partial charge in [0, 0.05) is 21.7 Å². The van der Waals surface area contributed by atoms with Gasteiger partial charge in [-0.1, -0.05) is 17.7 Å². The van der Waals surface area contributed by atoms with Crippen LogP contribution in [0, 0.1) is 0 Å². The number of nitrogens with one attached hydrogen (secondary N) is 1. The topological polar surface area (TPSA) is 25.2 Å². The average molecular weight is 282 g/mol. The average Bonchev–Trinajstić information content (AvgIpc) is 2.87. The predicted octanol–water partition coefficient (Wildman–Crippen LogP) is 3.86. The van der Waals surface area contributed by atoms with Crippen LogP contribution in [0.25, 0.3) is 0 Å². The van der Waals surface area contributed by atoms with Crippen LogP contribution in [0.4, 0.5) is 0 Å². The molecule has 1 aromatic carbocycles. The van der Waals surface area contributed by atoms with Crippen molar-refractivity contribution in [2.75, 3.05) is 12.8 Å². The van der Waals surface area contributed by atoms with Crippen LogP contribution in [0.5, 0.6) is 0 Å². The number of halogens is 1. The summed E-state index contributed by atoms with van der Waals surface area (Å²) in [5.41, 5.74) is 1.22. The van der Waals surface area contributed by atoms with E-state index in [-0.39, 0.29) is 0 Å². The van der Waals surface area contributed by atoms with Crippen molar-refractivity contribution in [1.82, 2.24) is 5.32 Å². The number of thioether (sulfide) groups is 1. The molecule has 1 N–H and O–H groups in total. The van der Waals surface area contributed by atoms with E-state index in [4.69, 9.17) is 16.0 Å². The summed E-state index contributed by atoms with van der Waals surface area (Å²) in [4.78, 5) is 1.20. The zero-order valence-electron chi connectivity index (χ0n) is 10.2. The molecular formula is C14H16ClNOS. The van der Waals surface area contributed by atoms with Crippen LogP contribution in [-0.4, -0.2) is 18.8 Å². The first-order chi connectivity index (χ1) is 8.78. The van der Waals surface area contributed by atoms with Gasteiger partial charge in [-0.05, 0) is 43.3 Å². The largest absolute Gasteiger partial charge is 0.472 e. The molecule has 0 aliphatic heterocycles. The van der Waals surface area contributed by atoms with Crippen LogP contribution >= 0.6 is 23.4 Å². The second-order valence-corrected chi connectivity index (χ2v) is 5.62. The molecule has 0 aliphatic carbocycles. The smallest absolute Gasteiger partial charge is 0.0935 e. The third-order valence-electron chi connectivity index (χ3n) is 2.72. The molecule has 0 amide bonds. The molecule has 2 nitrogen and oxygen atoms in total. The summed E-state index contributed by atoms with van der Waals surface area (Å²) in [6.07, 6.45) is 4.49. The van der Waals surface area contributed by atoms with E-state index in [2.05, 4.69) is 11.4 Å². The highest BCUT2D eigenvalue weighted by molar-refractivity contribution is 7.99. The van der Waals surface area contributed by atoms with Crippen LogP contribution in [0.2, 0.25) is 5.02 Å². The van der Waals surface area contributed by atoms with E-state index in [0.717, 1.165) is 17.2 Å². The van der Waals surface area contributed by atoms with Crippen LogP contribution < -0.4 is 5.32 Å². The molecule has 18 heavy (non-hydrogen) atoms. The third kappa shape index (κ3) is 4.09. The fraction of sp³-hybridized carbons (Fsp3) is 0.286. The van der Waals surface area contributed by atoms with Crippen LogP contribution in [-0.2, 0) is 6.42 Å². The molecule has 2 rings (SSSR count). The molecule has 1 aromatic heterocycles. The van der Waals surface area contributed by atoms with Gasteiger partial charge >= 0.3 is 0 Å². The first-order valence-corrected chi connectivity index (χ1v) is 7.21. The number of benzene rings is 1. The van der Waals surface area contributed by atoms with Crippen molar-refractivity contribution >= 4 is 23.4 Å². The lowest BCUT2D eigenvalue weighted by Gasteiger charge is -2.14. The van der Waals surface area contributed by atoms with E-state index >= 15 is 0 Å². The number of likely N-dealkylation sites (N-methyl/N-ethyl adjacent to an activating group) is 1. The molecule has 0 spiro atoms. The van der Waals surface area contributed by atoms with Gasteiger partial charge in [-0.25, -0.2) is 0 Å². The van der Waals surface area contributed by atoms with Crippen molar-refractivity contribution in [3.05, 3.63) is 53.4 Å². The first kappa shape index (κ1) is 13.5. The van der Waals surface area contributed by atoms with Gasteiger partial charge in [0.25, 0.3) is 0 Å². The lowest BCUT2D eigenvalue weighted by molar-refractivity contribution is 0.556. The summed E-state index contributed by atoms with van der Waals surface area (Å²) in [6, 6.07) is 10.4. The summed E-state index contributed by atoms with van der Waals surface area (Å²) < 4.78 is 5.09. The zero-order chi connectivity index (χ0) is 12.8. The number of furan rings is 1. The Labute approximate surface area is 117 Å². The van der Waals surface area contributed by atoms with E-state index in [9.17, 15) is 0 Å². The van der Waals surface area contributed by atoms with Crippen LogP contribution in [0.15, 0.2) is 52.2 Å². The highest BCUT2D eigenvalue weighted by atomic mass is 35.5. The molecule has 0 aliphatic rings. The fourth-order valence-corrected chi connectivity index (χ4v) is 3.01. The zero-order valence-corrected chi connectivity index (χ0v) is 11.8. The monoisotopic (exact) mass is 281 g/mol. The molecule has 1 atom stereocenters. The molecule has 0 radical (unpaired) electrons. The standard InChI is InChI=1S/C14H16ClNOS/c1-16-13(7-11-5-6-17-9-11)10-18-14-4-2-3-12(15)8-14/h2-6,8-9,13,16H,7,10H2,1H3. The second kappa shape index (κ2) is 6.88. The van der Waals surface area contributed by atoms with Gasteiger partial charge in [0.05, 0.1) is 12.5 Å². The van der Waals surface area contributed by atoms with Crippen molar-refractivity contribution in [3.8, 4) is 0 Å². The van der Waals surface area contributed by atoms with Crippen molar-refractivity contribution in [3.63, 3.8) is 0 Å². The Balaban J connectivity index is 1.87. The molecule has 2 aromatic rings. The Hall–Kier alpha value is -0.900. The Morgan fingerprint density at radius 2 is 2.28 bits per heavy atom. The van der Waals surface area contributed by atoms with Gasteiger partial charge in [0.2, 0.25) is 0 Å². The summed E-state index contributed by atoms with van der Waals surface area (Å²) in [6.45, 7) is 0. The number of rotatable bonds is 6. The van der Waals surface area contributed by atoms with Gasteiger partial charge in [-0.3, -0.25) is 0 Å². The van der Waals surface area contributed by atoms with Gasteiger partial charge in [-0.15, -0.1) is 11.8 Å². The van der Waals surface area contributed by atoms with Crippen molar-refractivity contribution in [2.24, 2.45) is 0 Å². The maximum absolute atomic E-state index is 5.97. The molecule has 96 valence electrons. The predicted molar refractivity (Wildman–Crippen MR) is 77.4 cm³/mol. The lowest BCUT2D eigenvalue weighted by Crippen LogP contribution is -2.29. The second-order valence-electron chi connectivity index (χ2n) is 4.09. The van der Waals surface area contributed by atoms with Gasteiger partial charge < -0.3 is 9.73 Å². The molecule has 0 bridgehead atoms. The Morgan fingerprint density at radius 1 is 1.39 bits per heavy atom. The quantitative estimate of drug-likeness (QED) is 0.814. The highest BCUT2D eigenvalue weighted by Gasteiger charge is 2.09. The first-order valence-electron chi connectivity index (χ1n) is 5.84. The Kier molecular flexibility index (Phi) is 5.17. The normalized spacial score (nSPS) is 12.6. The third-order valence-corrected chi connectivity index (χ3v) is 4.11. The summed E-state index contributed by atoms with van der Waals surface area (Å²) in [7, 11) is 1.99. The minimum Gasteiger partial charge on any atom is -0.472 e. The fourth-order valence-electron chi connectivity index (χ4n) is 1.69. The van der Waals surface area contributed by atoms with Gasteiger partial charge in [0.1, 0.15) is 0 Å². The minimum absolute atomic E-state index is 0.423.